The van der Waals surface area contributed by atoms with Gasteiger partial charge in [0, 0.05) is 55.1 Å². The summed E-state index contributed by atoms with van der Waals surface area (Å²) in [6, 6.07) is 17.3. The van der Waals surface area contributed by atoms with Gasteiger partial charge in [0.25, 0.3) is 5.56 Å². The number of nitrogens with two attached hydrogens (primary N) is 1. The number of pyridine rings is 2. The lowest BCUT2D eigenvalue weighted by atomic mass is 10.1. The number of halogens is 1. The molecule has 0 bridgehead atoms. The van der Waals surface area contributed by atoms with Crippen LogP contribution in [0.4, 0.5) is 4.39 Å². The Balaban J connectivity index is 1.35. The standard InChI is InChI=1S/C30H28FN5O6/c1-41-12-11-36-25-14-21(30(39)40)7-8-24(25)33-26(36)15-18-5-6-19(13-22(18)31)23-3-2-4-27(34-23)42-17-35-10-9-20(29(32)38)16-28(35)37/h2-10,13-14,16,30,39-40H,11-12,15,17H2,1H3,(H2,32,38). The maximum Gasteiger partial charge on any atom is 0.254 e. The number of primary amides is 1. The van der Waals surface area contributed by atoms with Gasteiger partial charge in [-0.15, -0.1) is 0 Å². The third-order valence-corrected chi connectivity index (χ3v) is 6.72. The molecule has 0 atom stereocenters. The maximum atomic E-state index is 15.4. The Morgan fingerprint density at radius 2 is 1.90 bits per heavy atom. The average Bonchev–Trinajstić information content (AvgIpc) is 3.32. The second kappa shape index (κ2) is 12.3. The SMILES string of the molecule is COCCn1c(Cc2ccc(-c3cccc(OCn4ccc(C(N)=O)cc4=O)n3)cc2F)nc2ccc(C(O)O)cc21. The van der Waals surface area contributed by atoms with Gasteiger partial charge in [-0.2, -0.15) is 0 Å². The van der Waals surface area contributed by atoms with E-state index in [0.29, 0.717) is 52.4 Å². The molecule has 42 heavy (non-hydrogen) atoms. The molecule has 5 aromatic rings. The van der Waals surface area contributed by atoms with E-state index in [1.54, 1.807) is 55.6 Å². The number of ether oxygens (including phenoxy) is 2. The van der Waals surface area contributed by atoms with Gasteiger partial charge in [0.15, 0.2) is 13.0 Å². The highest BCUT2D eigenvalue weighted by molar-refractivity contribution is 5.92. The molecule has 0 fully saturated rings. The summed E-state index contributed by atoms with van der Waals surface area (Å²) in [7, 11) is 1.58. The van der Waals surface area contributed by atoms with Crippen molar-refractivity contribution in [1.82, 2.24) is 19.1 Å². The van der Waals surface area contributed by atoms with Crippen LogP contribution < -0.4 is 16.0 Å². The number of aliphatic hydroxyl groups is 2. The summed E-state index contributed by atoms with van der Waals surface area (Å²) < 4.78 is 29.4. The number of nitrogens with zero attached hydrogens (tertiary/aromatic N) is 4. The van der Waals surface area contributed by atoms with Crippen molar-refractivity contribution < 1.29 is 28.9 Å². The Kier molecular flexibility index (Phi) is 8.38. The second-order valence-corrected chi connectivity index (χ2v) is 9.50. The van der Waals surface area contributed by atoms with Crippen molar-refractivity contribution in [2.75, 3.05) is 13.7 Å². The normalized spacial score (nSPS) is 11.4. The topological polar surface area (TPSA) is 155 Å². The first kappa shape index (κ1) is 28.6. The van der Waals surface area contributed by atoms with Gasteiger partial charge in [-0.1, -0.05) is 24.3 Å². The third-order valence-electron chi connectivity index (χ3n) is 6.72. The van der Waals surface area contributed by atoms with E-state index in [0.717, 1.165) is 6.07 Å². The Hall–Kier alpha value is -4.91. The first-order valence-electron chi connectivity index (χ1n) is 13.0. The molecule has 216 valence electrons. The van der Waals surface area contributed by atoms with Crippen LogP contribution in [0.25, 0.3) is 22.3 Å². The highest BCUT2D eigenvalue weighted by Gasteiger charge is 2.16. The Bertz CT molecular complexity index is 1820. The molecule has 0 saturated heterocycles. The Labute approximate surface area is 239 Å². The molecule has 3 aromatic heterocycles. The van der Waals surface area contributed by atoms with Gasteiger partial charge in [0.1, 0.15) is 11.6 Å². The summed E-state index contributed by atoms with van der Waals surface area (Å²) in [6.45, 7) is 0.693. The number of imidazole rings is 1. The number of carbonyl (C=O) groups excluding carboxylic acids is 1. The van der Waals surface area contributed by atoms with Crippen molar-refractivity contribution >= 4 is 16.9 Å². The molecular weight excluding hydrogens is 545 g/mol. The number of benzene rings is 2. The number of aliphatic hydroxyl groups excluding tert-OH is 1. The molecule has 0 aliphatic rings. The maximum absolute atomic E-state index is 15.4. The van der Waals surface area contributed by atoms with E-state index >= 15 is 4.39 Å². The number of methoxy groups -OCH3 is 1. The first-order valence-corrected chi connectivity index (χ1v) is 13.0. The molecular formula is C30H28FN5O6. The largest absolute Gasteiger partial charge is 0.456 e. The fourth-order valence-corrected chi connectivity index (χ4v) is 4.50. The van der Waals surface area contributed by atoms with Crippen molar-refractivity contribution in [1.29, 1.82) is 0 Å². The van der Waals surface area contributed by atoms with E-state index in [9.17, 15) is 19.8 Å². The molecule has 1 amide bonds. The van der Waals surface area contributed by atoms with Crippen LogP contribution in [-0.4, -0.2) is 48.9 Å². The van der Waals surface area contributed by atoms with Gasteiger partial charge in [-0.05, 0) is 35.9 Å². The Morgan fingerprint density at radius 1 is 1.07 bits per heavy atom. The van der Waals surface area contributed by atoms with E-state index in [1.165, 1.54) is 22.9 Å². The van der Waals surface area contributed by atoms with E-state index in [4.69, 9.17) is 15.2 Å². The number of amides is 1. The van der Waals surface area contributed by atoms with Crippen LogP contribution in [-0.2, 0) is 24.4 Å². The van der Waals surface area contributed by atoms with Crippen LogP contribution in [0.15, 0.2) is 77.7 Å². The molecule has 0 aliphatic carbocycles. The summed E-state index contributed by atoms with van der Waals surface area (Å²) in [5.41, 5.74) is 7.93. The second-order valence-electron chi connectivity index (χ2n) is 9.50. The lowest BCUT2D eigenvalue weighted by Crippen LogP contribution is -2.24. The number of hydrogen-bond donors (Lipinski definition) is 3. The van der Waals surface area contributed by atoms with E-state index in [1.807, 2.05) is 4.57 Å². The predicted octanol–water partition coefficient (Wildman–Crippen LogP) is 2.75. The van der Waals surface area contributed by atoms with Crippen LogP contribution in [0.3, 0.4) is 0 Å². The van der Waals surface area contributed by atoms with Crippen LogP contribution >= 0.6 is 0 Å². The van der Waals surface area contributed by atoms with Gasteiger partial charge < -0.3 is 30.0 Å². The minimum absolute atomic E-state index is 0.102. The fourth-order valence-electron chi connectivity index (χ4n) is 4.50. The third kappa shape index (κ3) is 6.20. The summed E-state index contributed by atoms with van der Waals surface area (Å²) in [4.78, 5) is 32.6. The number of aromatic nitrogens is 4. The van der Waals surface area contributed by atoms with E-state index in [-0.39, 0.29) is 24.6 Å². The number of fused-ring (bicyclic) bond motifs is 1. The summed E-state index contributed by atoms with van der Waals surface area (Å²) >= 11 is 0. The summed E-state index contributed by atoms with van der Waals surface area (Å²) in [5.74, 6) is -0.318. The van der Waals surface area contributed by atoms with Crippen molar-refractivity contribution in [2.24, 2.45) is 5.73 Å². The van der Waals surface area contributed by atoms with Gasteiger partial charge >= 0.3 is 0 Å². The highest BCUT2D eigenvalue weighted by atomic mass is 19.1. The lowest BCUT2D eigenvalue weighted by Gasteiger charge is -2.12. The van der Waals surface area contributed by atoms with E-state index in [2.05, 4.69) is 9.97 Å². The van der Waals surface area contributed by atoms with Crippen LogP contribution in [0.2, 0.25) is 0 Å². The number of rotatable bonds is 11. The minimum Gasteiger partial charge on any atom is -0.456 e. The van der Waals surface area contributed by atoms with Gasteiger partial charge in [-0.25, -0.2) is 14.4 Å². The summed E-state index contributed by atoms with van der Waals surface area (Å²) in [6.07, 6.45) is -0.0240. The molecule has 0 aliphatic heterocycles. The smallest absolute Gasteiger partial charge is 0.254 e. The molecule has 3 heterocycles. The van der Waals surface area contributed by atoms with Crippen LogP contribution in [0.5, 0.6) is 5.88 Å². The van der Waals surface area contributed by atoms with Gasteiger partial charge in [0.2, 0.25) is 11.8 Å². The minimum atomic E-state index is -1.62. The monoisotopic (exact) mass is 573 g/mol. The van der Waals surface area contributed by atoms with Gasteiger partial charge in [0.05, 0.1) is 23.3 Å². The lowest BCUT2D eigenvalue weighted by molar-refractivity contribution is -0.0424. The molecule has 11 nitrogen and oxygen atoms in total. The number of carbonyl (C=O) groups is 1. The van der Waals surface area contributed by atoms with Gasteiger partial charge in [-0.3, -0.25) is 14.2 Å². The zero-order chi connectivity index (χ0) is 29.8. The van der Waals surface area contributed by atoms with Crippen molar-refractivity contribution in [3.63, 3.8) is 0 Å². The molecule has 0 spiro atoms. The molecule has 12 heteroatoms. The van der Waals surface area contributed by atoms with Crippen LogP contribution in [0.1, 0.15) is 33.6 Å². The van der Waals surface area contributed by atoms with Crippen LogP contribution in [0, 0.1) is 5.82 Å². The molecule has 4 N–H and O–H groups in total. The Morgan fingerprint density at radius 3 is 2.62 bits per heavy atom. The first-order chi connectivity index (χ1) is 20.2. The molecule has 0 unspecified atom stereocenters. The molecule has 2 aromatic carbocycles. The molecule has 0 saturated carbocycles. The highest BCUT2D eigenvalue weighted by Crippen LogP contribution is 2.26. The van der Waals surface area contributed by atoms with Crippen molar-refractivity contribution in [2.45, 2.75) is 26.0 Å². The summed E-state index contributed by atoms with van der Waals surface area (Å²) in [5, 5.41) is 19.2. The quantitative estimate of drug-likeness (QED) is 0.204. The van der Waals surface area contributed by atoms with Crippen molar-refractivity contribution in [3.05, 3.63) is 112 Å². The molecule has 5 rings (SSSR count). The molecule has 0 radical (unpaired) electrons. The zero-order valence-corrected chi connectivity index (χ0v) is 22.6. The van der Waals surface area contributed by atoms with E-state index < -0.39 is 23.6 Å². The predicted molar refractivity (Wildman–Crippen MR) is 151 cm³/mol. The fraction of sp³-hybridized carbons (Fsp3) is 0.200. The number of hydrogen-bond acceptors (Lipinski definition) is 8. The zero-order valence-electron chi connectivity index (χ0n) is 22.6. The average molecular weight is 574 g/mol. The van der Waals surface area contributed by atoms with Crippen molar-refractivity contribution in [3.8, 4) is 17.1 Å².